The molecule has 0 bridgehead atoms. The first-order chi connectivity index (χ1) is 15.1. The Kier molecular flexibility index (Phi) is 6.63. The van der Waals surface area contributed by atoms with E-state index >= 15 is 0 Å². The van der Waals surface area contributed by atoms with Gasteiger partial charge in [-0.2, -0.15) is 0 Å². The van der Waals surface area contributed by atoms with Gasteiger partial charge in [-0.1, -0.05) is 54.2 Å². The molecule has 0 unspecified atom stereocenters. The molecule has 0 aliphatic carbocycles. The van der Waals surface area contributed by atoms with E-state index < -0.39 is 0 Å². The molecule has 2 aromatic carbocycles. The number of anilines is 1. The molecule has 31 heavy (non-hydrogen) atoms. The number of benzene rings is 2. The van der Waals surface area contributed by atoms with Crippen molar-refractivity contribution in [3.8, 4) is 11.3 Å². The van der Waals surface area contributed by atoms with Crippen LogP contribution in [0, 0.1) is 6.92 Å². The van der Waals surface area contributed by atoms with Crippen LogP contribution < -0.4 is 11.0 Å². The van der Waals surface area contributed by atoms with E-state index in [4.69, 9.17) is 0 Å². The highest BCUT2D eigenvalue weighted by atomic mass is 32.2. The number of amides is 1. The Morgan fingerprint density at radius 2 is 2.03 bits per heavy atom. The standard InChI is InChI=1S/C22H21N5O2S2/c1-15-23-19(13-30-15)17-8-5-9-18(12-17)24-20(28)14-31-22-26-25-21(29)27(22)11-10-16-6-3-2-4-7-16/h2-9,12-13H,10-11,14H2,1H3,(H,24,28)(H,25,29). The normalized spacial score (nSPS) is 10.9. The molecule has 0 aliphatic heterocycles. The number of nitrogens with zero attached hydrogens (tertiary/aromatic N) is 3. The highest BCUT2D eigenvalue weighted by molar-refractivity contribution is 7.99. The zero-order valence-electron chi connectivity index (χ0n) is 16.9. The predicted molar refractivity (Wildman–Crippen MR) is 125 cm³/mol. The van der Waals surface area contributed by atoms with Crippen LogP contribution in [0.4, 0.5) is 5.69 Å². The summed E-state index contributed by atoms with van der Waals surface area (Å²) in [6, 6.07) is 17.5. The average Bonchev–Trinajstić information content (AvgIpc) is 3.37. The molecule has 0 fully saturated rings. The van der Waals surface area contributed by atoms with Crippen LogP contribution in [0.15, 0.2) is 69.9 Å². The number of nitrogens with one attached hydrogen (secondary N) is 2. The number of aryl methyl sites for hydroxylation is 2. The van der Waals surface area contributed by atoms with Gasteiger partial charge in [0.2, 0.25) is 5.91 Å². The first-order valence-corrected chi connectivity index (χ1v) is 11.6. The molecule has 1 amide bonds. The molecule has 2 heterocycles. The number of carbonyl (C=O) groups is 1. The molecular formula is C22H21N5O2S2. The van der Waals surface area contributed by atoms with Crippen molar-refractivity contribution in [3.05, 3.63) is 81.0 Å². The minimum absolute atomic E-state index is 0.148. The molecule has 9 heteroatoms. The molecule has 4 aromatic rings. The van der Waals surface area contributed by atoms with Gasteiger partial charge in [0.15, 0.2) is 5.16 Å². The minimum Gasteiger partial charge on any atom is -0.325 e. The van der Waals surface area contributed by atoms with Gasteiger partial charge in [0.05, 0.1) is 16.5 Å². The lowest BCUT2D eigenvalue weighted by Crippen LogP contribution is -2.20. The van der Waals surface area contributed by atoms with Crippen molar-refractivity contribution in [2.45, 2.75) is 25.0 Å². The number of thiazole rings is 1. The maximum Gasteiger partial charge on any atom is 0.343 e. The molecule has 0 spiro atoms. The molecule has 2 N–H and O–H groups in total. The van der Waals surface area contributed by atoms with Gasteiger partial charge >= 0.3 is 5.69 Å². The highest BCUT2D eigenvalue weighted by Crippen LogP contribution is 2.24. The smallest absolute Gasteiger partial charge is 0.325 e. The second-order valence-corrected chi connectivity index (χ2v) is 8.87. The Morgan fingerprint density at radius 3 is 2.81 bits per heavy atom. The van der Waals surface area contributed by atoms with Gasteiger partial charge in [0.1, 0.15) is 0 Å². The lowest BCUT2D eigenvalue weighted by molar-refractivity contribution is -0.113. The van der Waals surface area contributed by atoms with Crippen LogP contribution in [-0.4, -0.2) is 31.4 Å². The molecule has 0 saturated heterocycles. The number of hydrogen-bond acceptors (Lipinski definition) is 6. The van der Waals surface area contributed by atoms with Crippen LogP contribution >= 0.6 is 23.1 Å². The van der Waals surface area contributed by atoms with Crippen molar-refractivity contribution < 1.29 is 4.79 Å². The van der Waals surface area contributed by atoms with Gasteiger partial charge in [-0.3, -0.25) is 9.36 Å². The van der Waals surface area contributed by atoms with Gasteiger partial charge in [-0.15, -0.1) is 16.4 Å². The van der Waals surface area contributed by atoms with Crippen molar-refractivity contribution in [3.63, 3.8) is 0 Å². The van der Waals surface area contributed by atoms with Crippen LogP contribution in [0.2, 0.25) is 0 Å². The number of hydrogen-bond donors (Lipinski definition) is 2. The van der Waals surface area contributed by atoms with Crippen LogP contribution in [-0.2, 0) is 17.8 Å². The molecule has 4 rings (SSSR count). The summed E-state index contributed by atoms with van der Waals surface area (Å²) in [5.41, 5.74) is 3.42. The van der Waals surface area contributed by atoms with E-state index in [1.807, 2.05) is 66.9 Å². The fraction of sp³-hybridized carbons (Fsp3) is 0.182. The molecule has 158 valence electrons. The fourth-order valence-electron chi connectivity index (χ4n) is 3.08. The van der Waals surface area contributed by atoms with Gasteiger partial charge in [-0.05, 0) is 31.0 Å². The van der Waals surface area contributed by atoms with Crippen molar-refractivity contribution in [2.75, 3.05) is 11.1 Å². The number of rotatable bonds is 8. The lowest BCUT2D eigenvalue weighted by Gasteiger charge is -2.08. The van der Waals surface area contributed by atoms with Crippen molar-refractivity contribution in [1.82, 2.24) is 19.7 Å². The van der Waals surface area contributed by atoms with E-state index in [1.165, 1.54) is 11.8 Å². The van der Waals surface area contributed by atoms with Crippen molar-refractivity contribution >= 4 is 34.7 Å². The third-order valence-corrected chi connectivity index (χ3v) is 6.33. The van der Waals surface area contributed by atoms with E-state index in [0.29, 0.717) is 23.8 Å². The first-order valence-electron chi connectivity index (χ1n) is 9.73. The fourth-order valence-corrected chi connectivity index (χ4v) is 4.47. The lowest BCUT2D eigenvalue weighted by atomic mass is 10.1. The largest absolute Gasteiger partial charge is 0.343 e. The zero-order chi connectivity index (χ0) is 21.6. The van der Waals surface area contributed by atoms with Crippen LogP contribution in [0.3, 0.4) is 0 Å². The monoisotopic (exact) mass is 451 g/mol. The second kappa shape index (κ2) is 9.76. The van der Waals surface area contributed by atoms with E-state index in [2.05, 4.69) is 20.5 Å². The third-order valence-electron chi connectivity index (χ3n) is 4.58. The molecule has 0 aliphatic rings. The Hall–Kier alpha value is -3.17. The number of aromatic nitrogens is 4. The third kappa shape index (κ3) is 5.50. The predicted octanol–water partition coefficient (Wildman–Crippen LogP) is 3.98. The molecule has 0 radical (unpaired) electrons. The van der Waals surface area contributed by atoms with Crippen LogP contribution in [0.1, 0.15) is 10.6 Å². The maximum atomic E-state index is 12.5. The Labute approximate surface area is 187 Å². The molecule has 0 saturated carbocycles. The maximum absolute atomic E-state index is 12.5. The summed E-state index contributed by atoms with van der Waals surface area (Å²) in [4.78, 5) is 29.0. The Bertz CT molecular complexity index is 1230. The van der Waals surface area contributed by atoms with Crippen LogP contribution in [0.25, 0.3) is 11.3 Å². The number of thioether (sulfide) groups is 1. The minimum atomic E-state index is -0.273. The Balaban J connectivity index is 1.36. The zero-order valence-corrected chi connectivity index (χ0v) is 18.5. The average molecular weight is 452 g/mol. The summed E-state index contributed by atoms with van der Waals surface area (Å²) >= 11 is 2.82. The van der Waals surface area contributed by atoms with Crippen molar-refractivity contribution in [1.29, 1.82) is 0 Å². The summed E-state index contributed by atoms with van der Waals surface area (Å²) in [5.74, 6) is -0.0166. The highest BCUT2D eigenvalue weighted by Gasteiger charge is 2.12. The second-order valence-electron chi connectivity index (χ2n) is 6.87. The first kappa shape index (κ1) is 21.1. The van der Waals surface area contributed by atoms with E-state index in [-0.39, 0.29) is 17.3 Å². The van der Waals surface area contributed by atoms with E-state index in [0.717, 1.165) is 21.8 Å². The SMILES string of the molecule is Cc1nc(-c2cccc(NC(=O)CSc3n[nH]c(=O)n3CCc3ccccc3)c2)cs1. The number of carbonyl (C=O) groups excluding carboxylic acids is 1. The van der Waals surface area contributed by atoms with Gasteiger partial charge < -0.3 is 5.32 Å². The summed E-state index contributed by atoms with van der Waals surface area (Å²) in [6.45, 7) is 2.46. The number of H-pyrrole nitrogens is 1. The summed E-state index contributed by atoms with van der Waals surface area (Å²) in [5, 5.41) is 12.9. The Morgan fingerprint density at radius 1 is 1.19 bits per heavy atom. The van der Waals surface area contributed by atoms with Gasteiger partial charge in [-0.25, -0.2) is 14.9 Å². The van der Waals surface area contributed by atoms with E-state index in [9.17, 15) is 9.59 Å². The van der Waals surface area contributed by atoms with Gasteiger partial charge in [0.25, 0.3) is 0 Å². The molecular weight excluding hydrogens is 430 g/mol. The van der Waals surface area contributed by atoms with Gasteiger partial charge in [0, 0.05) is 23.2 Å². The van der Waals surface area contributed by atoms with Crippen LogP contribution in [0.5, 0.6) is 0 Å². The molecule has 2 aromatic heterocycles. The summed E-state index contributed by atoms with van der Waals surface area (Å²) in [6.07, 6.45) is 0.711. The van der Waals surface area contributed by atoms with Crippen molar-refractivity contribution in [2.24, 2.45) is 0 Å². The molecule has 0 atom stereocenters. The van der Waals surface area contributed by atoms with E-state index in [1.54, 1.807) is 15.9 Å². The number of aromatic amines is 1. The molecule has 7 nitrogen and oxygen atoms in total. The topological polar surface area (TPSA) is 92.7 Å². The summed E-state index contributed by atoms with van der Waals surface area (Å²) < 4.78 is 1.57. The quantitative estimate of drug-likeness (QED) is 0.395. The summed E-state index contributed by atoms with van der Waals surface area (Å²) in [7, 11) is 0.